The van der Waals surface area contributed by atoms with Gasteiger partial charge in [0.1, 0.15) is 15.5 Å². The Bertz CT molecular complexity index is 533. The molecule has 0 atom stereocenters. The van der Waals surface area contributed by atoms with Crippen molar-refractivity contribution in [3.8, 4) is 0 Å². The summed E-state index contributed by atoms with van der Waals surface area (Å²) in [4.78, 5) is 0.183. The zero-order valence-corrected chi connectivity index (χ0v) is 11.8. The average Bonchev–Trinajstić information content (AvgIpc) is 2.25. The Morgan fingerprint density at radius 2 is 1.71 bits per heavy atom. The van der Waals surface area contributed by atoms with Gasteiger partial charge < -0.3 is 0 Å². The molecule has 0 aliphatic heterocycles. The van der Waals surface area contributed by atoms with Gasteiger partial charge in [-0.15, -0.1) is 0 Å². The minimum absolute atomic E-state index is 0.0174. The van der Waals surface area contributed by atoms with Crippen molar-refractivity contribution in [2.24, 2.45) is 5.41 Å². The second-order valence-corrected chi connectivity index (χ2v) is 7.90. The van der Waals surface area contributed by atoms with Gasteiger partial charge in [-0.2, -0.15) is 0 Å². The summed E-state index contributed by atoms with van der Waals surface area (Å²) in [5.41, 5.74) is -0.228. The highest BCUT2D eigenvalue weighted by atomic mass is 32.2. The van der Waals surface area contributed by atoms with Crippen LogP contribution in [0, 0.1) is 5.41 Å². The van der Waals surface area contributed by atoms with E-state index in [9.17, 15) is 12.6 Å². The molecule has 94 valence electrons. The van der Waals surface area contributed by atoms with E-state index in [1.54, 1.807) is 18.2 Å². The molecule has 0 heterocycles. The minimum atomic E-state index is -3.62. The normalized spacial score (nSPS) is 12.2. The summed E-state index contributed by atoms with van der Waals surface area (Å²) >= 11 is 0.0773. The monoisotopic (exact) mass is 272 g/mol. The molecule has 3 nitrogen and oxygen atoms in total. The van der Waals surface area contributed by atoms with Crippen LogP contribution in [0.1, 0.15) is 27.2 Å². The first-order valence-corrected chi connectivity index (χ1v) is 7.45. The highest BCUT2D eigenvalue weighted by molar-refractivity contribution is 8.14. The molecular weight excluding hydrogens is 256 g/mol. The van der Waals surface area contributed by atoms with Gasteiger partial charge in [0.05, 0.1) is 4.90 Å². The maximum absolute atomic E-state index is 12.2. The van der Waals surface area contributed by atoms with E-state index in [0.717, 1.165) is 0 Å². The van der Waals surface area contributed by atoms with E-state index in [2.05, 4.69) is 0 Å². The van der Waals surface area contributed by atoms with Crippen molar-refractivity contribution in [3.63, 3.8) is 0 Å². The summed E-state index contributed by atoms with van der Waals surface area (Å²) in [7, 11) is -3.62. The lowest BCUT2D eigenvalue weighted by Gasteiger charge is -2.18. The Hall–Kier alpha value is -0.940. The van der Waals surface area contributed by atoms with Gasteiger partial charge in [0.2, 0.25) is 9.84 Å². The van der Waals surface area contributed by atoms with Crippen LogP contribution in [0.3, 0.4) is 0 Å². The Morgan fingerprint density at radius 3 is 2.12 bits per heavy atom. The average molecular weight is 272 g/mol. The second kappa shape index (κ2) is 5.14. The van der Waals surface area contributed by atoms with Crippen LogP contribution in [0.25, 0.3) is 0 Å². The first-order valence-electron chi connectivity index (χ1n) is 5.23. The quantitative estimate of drug-likeness (QED) is 0.776. The molecule has 1 rings (SSSR count). The lowest BCUT2D eigenvalue weighted by atomic mass is 9.93. The summed E-state index contributed by atoms with van der Waals surface area (Å²) < 4.78 is 35.4. The smallest absolute Gasteiger partial charge is 0.215 e. The summed E-state index contributed by atoms with van der Waals surface area (Å²) in [5.74, 6) is 0. The van der Waals surface area contributed by atoms with E-state index in [1.165, 1.54) is 12.1 Å². The topological polar surface area (TPSA) is 51.2 Å². The van der Waals surface area contributed by atoms with Gasteiger partial charge in [-0.25, -0.2) is 12.6 Å². The molecule has 0 aromatic heterocycles. The van der Waals surface area contributed by atoms with Gasteiger partial charge >= 0.3 is 0 Å². The van der Waals surface area contributed by atoms with Gasteiger partial charge in [-0.1, -0.05) is 39.0 Å². The molecule has 0 aliphatic carbocycles. The summed E-state index contributed by atoms with van der Waals surface area (Å²) in [5, 5.41) is 0. The Balaban J connectivity index is 3.19. The van der Waals surface area contributed by atoms with Crippen LogP contribution in [-0.4, -0.2) is 16.8 Å². The van der Waals surface area contributed by atoms with Crippen molar-refractivity contribution < 1.29 is 12.6 Å². The van der Waals surface area contributed by atoms with Crippen LogP contribution < -0.4 is 0 Å². The number of benzene rings is 1. The third-order valence-corrected chi connectivity index (χ3v) is 4.95. The van der Waals surface area contributed by atoms with E-state index in [-0.39, 0.29) is 32.2 Å². The second-order valence-electron chi connectivity index (χ2n) is 5.01. The summed E-state index contributed by atoms with van der Waals surface area (Å²) in [6.45, 7) is 5.72. The molecule has 17 heavy (non-hydrogen) atoms. The van der Waals surface area contributed by atoms with Crippen LogP contribution in [-0.2, 0) is 21.1 Å². The van der Waals surface area contributed by atoms with Crippen molar-refractivity contribution >= 4 is 25.3 Å². The third-order valence-electron chi connectivity index (χ3n) is 2.12. The van der Waals surface area contributed by atoms with Crippen LogP contribution >= 0.6 is 0 Å². The zero-order valence-electron chi connectivity index (χ0n) is 10.1. The molecule has 1 aromatic carbocycles. The zero-order chi connectivity index (χ0) is 13.1. The molecule has 0 radical (unpaired) electrons. The molecule has 0 bridgehead atoms. The van der Waals surface area contributed by atoms with E-state index in [1.807, 2.05) is 20.8 Å². The van der Waals surface area contributed by atoms with Crippen molar-refractivity contribution in [2.75, 3.05) is 0 Å². The van der Waals surface area contributed by atoms with E-state index < -0.39 is 9.84 Å². The SMILES string of the molecule is CC(C)(C)CC(=S=O)S(=O)(=O)c1ccccc1. The van der Waals surface area contributed by atoms with Crippen molar-refractivity contribution in [1.82, 2.24) is 0 Å². The molecule has 0 unspecified atom stereocenters. The predicted octanol–water partition coefficient (Wildman–Crippen LogP) is 2.24. The Kier molecular flexibility index (Phi) is 4.27. The van der Waals surface area contributed by atoms with E-state index in [4.69, 9.17) is 0 Å². The molecule has 0 saturated heterocycles. The number of sulfone groups is 1. The Labute approximate surface area is 106 Å². The molecule has 0 amide bonds. The molecule has 1 aromatic rings. The summed E-state index contributed by atoms with van der Waals surface area (Å²) in [6.07, 6.45) is 0.262. The predicted molar refractivity (Wildman–Crippen MR) is 70.8 cm³/mol. The first-order chi connectivity index (χ1) is 7.77. The van der Waals surface area contributed by atoms with E-state index in [0.29, 0.717) is 0 Å². The molecule has 5 heteroatoms. The fourth-order valence-electron chi connectivity index (χ4n) is 1.33. The molecule has 0 saturated carbocycles. The van der Waals surface area contributed by atoms with Gasteiger partial charge in [-0.05, 0) is 17.5 Å². The fraction of sp³-hybridized carbons (Fsp3) is 0.417. The molecule has 0 spiro atoms. The molecular formula is C12H16O3S2. The maximum Gasteiger partial charge on any atom is 0.215 e. The van der Waals surface area contributed by atoms with Crippen LogP contribution in [0.5, 0.6) is 0 Å². The van der Waals surface area contributed by atoms with Crippen LogP contribution in [0.15, 0.2) is 35.2 Å². The lowest BCUT2D eigenvalue weighted by Crippen LogP contribution is -2.21. The standard InChI is InChI=1S/C12H16O3S2/c1-12(2,3)9-11(16-13)17(14,15)10-7-5-4-6-8-10/h4-8H,9H2,1-3H3. The molecule has 0 N–H and O–H groups in total. The summed E-state index contributed by atoms with van der Waals surface area (Å²) in [6, 6.07) is 8.06. The first kappa shape index (κ1) is 14.1. The molecule has 0 aliphatic rings. The van der Waals surface area contributed by atoms with Crippen LogP contribution in [0.2, 0.25) is 0 Å². The fourth-order valence-corrected chi connectivity index (χ4v) is 3.87. The van der Waals surface area contributed by atoms with E-state index >= 15 is 0 Å². The minimum Gasteiger partial charge on any atom is -0.218 e. The highest BCUT2D eigenvalue weighted by Gasteiger charge is 2.26. The van der Waals surface area contributed by atoms with Crippen LogP contribution in [0.4, 0.5) is 0 Å². The van der Waals surface area contributed by atoms with Crippen molar-refractivity contribution in [3.05, 3.63) is 30.3 Å². The van der Waals surface area contributed by atoms with Gasteiger partial charge in [0, 0.05) is 6.42 Å². The third kappa shape index (κ3) is 3.78. The number of hydrogen-bond donors (Lipinski definition) is 0. The number of hydrogen-bond acceptors (Lipinski definition) is 3. The van der Waals surface area contributed by atoms with Crippen molar-refractivity contribution in [1.29, 1.82) is 0 Å². The largest absolute Gasteiger partial charge is 0.218 e. The van der Waals surface area contributed by atoms with Gasteiger partial charge in [0.25, 0.3) is 0 Å². The lowest BCUT2D eigenvalue weighted by molar-refractivity contribution is 0.437. The maximum atomic E-state index is 12.2. The van der Waals surface area contributed by atoms with Gasteiger partial charge in [-0.3, -0.25) is 0 Å². The Morgan fingerprint density at radius 1 is 1.18 bits per heavy atom. The van der Waals surface area contributed by atoms with Crippen molar-refractivity contribution in [2.45, 2.75) is 32.1 Å². The molecule has 0 fully saturated rings. The number of rotatable bonds is 2. The van der Waals surface area contributed by atoms with Gasteiger partial charge in [0.15, 0.2) is 0 Å². The highest BCUT2D eigenvalue weighted by Crippen LogP contribution is 2.23.